The normalized spacial score (nSPS) is 16.9. The fourth-order valence-corrected chi connectivity index (χ4v) is 3.83. The van der Waals surface area contributed by atoms with Gasteiger partial charge < -0.3 is 14.6 Å². The monoisotopic (exact) mass is 429 g/mol. The van der Waals surface area contributed by atoms with Crippen molar-refractivity contribution in [3.63, 3.8) is 0 Å². The van der Waals surface area contributed by atoms with E-state index in [0.29, 0.717) is 35.9 Å². The summed E-state index contributed by atoms with van der Waals surface area (Å²) in [5.74, 6) is 1.16. The van der Waals surface area contributed by atoms with Gasteiger partial charge in [-0.1, -0.05) is 18.2 Å². The summed E-state index contributed by atoms with van der Waals surface area (Å²) in [6.45, 7) is 2.34. The second kappa shape index (κ2) is 8.45. The van der Waals surface area contributed by atoms with Crippen LogP contribution in [-0.2, 0) is 6.18 Å². The number of nitrogens with zero attached hydrogens (tertiary/aromatic N) is 2. The number of nitrogens with one attached hydrogen (secondary N) is 1. The van der Waals surface area contributed by atoms with Crippen molar-refractivity contribution in [2.45, 2.75) is 38.4 Å². The number of carbonyl (C=O) groups is 1. The molecule has 3 aromatic rings. The Balaban J connectivity index is 1.51. The smallest absolute Gasteiger partial charge is 0.416 e. The van der Waals surface area contributed by atoms with Gasteiger partial charge in [0.05, 0.1) is 17.8 Å². The van der Waals surface area contributed by atoms with Crippen LogP contribution in [0.2, 0.25) is 0 Å². The molecule has 0 radical (unpaired) electrons. The molecule has 1 atom stereocenters. The number of oxazole rings is 1. The Labute approximate surface area is 177 Å². The molecule has 1 aliphatic rings. The number of hydrogen-bond donors (Lipinski definition) is 1. The number of halogens is 3. The molecule has 0 saturated carbocycles. The van der Waals surface area contributed by atoms with Gasteiger partial charge in [-0.2, -0.15) is 13.2 Å². The summed E-state index contributed by atoms with van der Waals surface area (Å²) in [4.78, 5) is 18.9. The Bertz CT molecular complexity index is 1060. The zero-order valence-electron chi connectivity index (χ0n) is 16.9. The maximum Gasteiger partial charge on any atom is 0.416 e. The highest BCUT2D eigenvalue weighted by molar-refractivity contribution is 5.90. The van der Waals surface area contributed by atoms with Crippen molar-refractivity contribution >= 4 is 11.7 Å². The summed E-state index contributed by atoms with van der Waals surface area (Å²) in [5, 5.41) is 2.90. The van der Waals surface area contributed by atoms with Crippen molar-refractivity contribution in [2.75, 3.05) is 11.9 Å². The maximum absolute atomic E-state index is 13.0. The van der Waals surface area contributed by atoms with Crippen LogP contribution in [0.3, 0.4) is 0 Å². The molecule has 1 aliphatic heterocycles. The largest absolute Gasteiger partial charge is 0.441 e. The number of alkyl halides is 3. The first kappa shape index (κ1) is 21.0. The summed E-state index contributed by atoms with van der Waals surface area (Å²) in [6, 6.07) is 11.7. The molecular weight excluding hydrogens is 407 g/mol. The van der Waals surface area contributed by atoms with Crippen LogP contribution in [0.15, 0.2) is 59.1 Å². The fraction of sp³-hybridized carbons (Fsp3) is 0.304. The molecule has 31 heavy (non-hydrogen) atoms. The van der Waals surface area contributed by atoms with Gasteiger partial charge in [0.1, 0.15) is 5.76 Å². The fourth-order valence-electron chi connectivity index (χ4n) is 3.83. The average molecular weight is 429 g/mol. The van der Waals surface area contributed by atoms with Crippen molar-refractivity contribution in [1.29, 1.82) is 0 Å². The Morgan fingerprint density at radius 1 is 1.16 bits per heavy atom. The summed E-state index contributed by atoms with van der Waals surface area (Å²) < 4.78 is 44.2. The van der Waals surface area contributed by atoms with E-state index in [1.807, 2.05) is 6.07 Å². The molecule has 8 heteroatoms. The molecule has 2 aromatic carbocycles. The first-order valence-electron chi connectivity index (χ1n) is 10.1. The summed E-state index contributed by atoms with van der Waals surface area (Å²) in [6.07, 6.45) is -0.291. The van der Waals surface area contributed by atoms with Crippen molar-refractivity contribution in [3.05, 3.63) is 71.6 Å². The Kier molecular flexibility index (Phi) is 5.71. The number of aryl methyl sites for hydroxylation is 1. The van der Waals surface area contributed by atoms with Crippen LogP contribution in [0.25, 0.3) is 11.5 Å². The molecule has 1 saturated heterocycles. The summed E-state index contributed by atoms with van der Waals surface area (Å²) >= 11 is 0. The molecule has 2 heterocycles. The lowest BCUT2D eigenvalue weighted by Gasteiger charge is -2.36. The highest BCUT2D eigenvalue weighted by atomic mass is 19.4. The van der Waals surface area contributed by atoms with Gasteiger partial charge in [-0.05, 0) is 62.1 Å². The third kappa shape index (κ3) is 4.73. The molecule has 0 spiro atoms. The van der Waals surface area contributed by atoms with Crippen LogP contribution in [0.5, 0.6) is 0 Å². The molecule has 1 aromatic heterocycles. The third-order valence-corrected chi connectivity index (χ3v) is 5.37. The van der Waals surface area contributed by atoms with Crippen LogP contribution in [0, 0.1) is 6.92 Å². The van der Waals surface area contributed by atoms with Gasteiger partial charge in [0.15, 0.2) is 0 Å². The molecule has 0 bridgehead atoms. The van der Waals surface area contributed by atoms with Gasteiger partial charge in [-0.25, -0.2) is 9.78 Å². The molecular formula is C23H22F3N3O2. The minimum absolute atomic E-state index is 0.270. The standard InChI is InChI=1S/C23H22F3N3O2/c1-15-14-27-21(31-15)17-5-4-6-19(13-17)28-22(30)29-12-3-2-7-20(29)16-8-10-18(11-9-16)23(24,25)26/h4-6,8-11,13-14,20H,2-3,7,12H2,1H3,(H,28,30). The number of urea groups is 1. The number of carbonyl (C=O) groups excluding carboxylic acids is 1. The molecule has 162 valence electrons. The number of piperidine rings is 1. The second-order valence-corrected chi connectivity index (χ2v) is 7.61. The number of amides is 2. The van der Waals surface area contributed by atoms with E-state index in [1.165, 1.54) is 12.1 Å². The minimum atomic E-state index is -4.38. The van der Waals surface area contributed by atoms with Gasteiger partial charge in [0.25, 0.3) is 0 Å². The molecule has 1 N–H and O–H groups in total. The van der Waals surface area contributed by atoms with Crippen LogP contribution < -0.4 is 5.32 Å². The lowest BCUT2D eigenvalue weighted by atomic mass is 9.95. The SMILES string of the molecule is Cc1cnc(-c2cccc(NC(=O)N3CCCCC3c3ccc(C(F)(F)F)cc3)c2)o1. The topological polar surface area (TPSA) is 58.4 Å². The number of likely N-dealkylation sites (tertiary alicyclic amines) is 1. The number of anilines is 1. The molecule has 5 nitrogen and oxygen atoms in total. The summed E-state index contributed by atoms with van der Waals surface area (Å²) in [5.41, 5.74) is 1.34. The van der Waals surface area contributed by atoms with Crippen LogP contribution in [0.1, 0.15) is 42.2 Å². The van der Waals surface area contributed by atoms with Gasteiger partial charge in [-0.3, -0.25) is 0 Å². The number of rotatable bonds is 3. The highest BCUT2D eigenvalue weighted by Gasteiger charge is 2.32. The lowest BCUT2D eigenvalue weighted by molar-refractivity contribution is -0.137. The molecule has 1 fully saturated rings. The van der Waals surface area contributed by atoms with Crippen molar-refractivity contribution < 1.29 is 22.4 Å². The predicted molar refractivity (Wildman–Crippen MR) is 110 cm³/mol. The zero-order valence-corrected chi connectivity index (χ0v) is 16.9. The van der Waals surface area contributed by atoms with Gasteiger partial charge >= 0.3 is 12.2 Å². The molecule has 1 unspecified atom stereocenters. The number of aromatic nitrogens is 1. The molecule has 2 amide bonds. The molecule has 0 aliphatic carbocycles. The van der Waals surface area contributed by atoms with E-state index >= 15 is 0 Å². The quantitative estimate of drug-likeness (QED) is 0.522. The van der Waals surface area contributed by atoms with Gasteiger partial charge in [0.2, 0.25) is 5.89 Å². The van der Waals surface area contributed by atoms with E-state index in [2.05, 4.69) is 10.3 Å². The first-order chi connectivity index (χ1) is 14.8. The predicted octanol–water partition coefficient (Wildman–Crippen LogP) is 6.43. The van der Waals surface area contributed by atoms with Crippen molar-refractivity contribution in [2.24, 2.45) is 0 Å². The molecule has 4 rings (SSSR count). The minimum Gasteiger partial charge on any atom is -0.441 e. The van der Waals surface area contributed by atoms with Crippen molar-refractivity contribution in [3.8, 4) is 11.5 Å². The van der Waals surface area contributed by atoms with E-state index in [1.54, 1.807) is 36.2 Å². The number of benzene rings is 2. The van der Waals surface area contributed by atoms with Gasteiger partial charge in [0, 0.05) is 17.8 Å². The Hall–Kier alpha value is -3.29. The zero-order chi connectivity index (χ0) is 22.0. The van der Waals surface area contributed by atoms with E-state index in [9.17, 15) is 18.0 Å². The van der Waals surface area contributed by atoms with E-state index in [0.717, 1.165) is 30.5 Å². The van der Waals surface area contributed by atoms with Crippen LogP contribution in [0.4, 0.5) is 23.7 Å². The first-order valence-corrected chi connectivity index (χ1v) is 10.1. The Morgan fingerprint density at radius 2 is 1.94 bits per heavy atom. The van der Waals surface area contributed by atoms with E-state index < -0.39 is 11.7 Å². The van der Waals surface area contributed by atoms with E-state index in [-0.39, 0.29) is 12.1 Å². The Morgan fingerprint density at radius 3 is 2.61 bits per heavy atom. The maximum atomic E-state index is 13.0. The summed E-state index contributed by atoms with van der Waals surface area (Å²) in [7, 11) is 0. The second-order valence-electron chi connectivity index (χ2n) is 7.61. The highest BCUT2D eigenvalue weighted by Crippen LogP contribution is 2.34. The van der Waals surface area contributed by atoms with Crippen LogP contribution >= 0.6 is 0 Å². The average Bonchev–Trinajstić information content (AvgIpc) is 3.20. The lowest BCUT2D eigenvalue weighted by Crippen LogP contribution is -2.41. The van der Waals surface area contributed by atoms with E-state index in [4.69, 9.17) is 4.42 Å². The number of hydrogen-bond acceptors (Lipinski definition) is 3. The van der Waals surface area contributed by atoms with Crippen molar-refractivity contribution in [1.82, 2.24) is 9.88 Å². The van der Waals surface area contributed by atoms with Gasteiger partial charge in [-0.15, -0.1) is 0 Å². The van der Waals surface area contributed by atoms with Crippen LogP contribution in [-0.4, -0.2) is 22.5 Å². The third-order valence-electron chi connectivity index (χ3n) is 5.37.